The highest BCUT2D eigenvalue weighted by atomic mass is 32.1. The van der Waals surface area contributed by atoms with Crippen LogP contribution in [0.5, 0.6) is 5.75 Å². The van der Waals surface area contributed by atoms with Crippen molar-refractivity contribution >= 4 is 44.1 Å². The van der Waals surface area contributed by atoms with Gasteiger partial charge in [0.25, 0.3) is 5.78 Å². The molecule has 0 bridgehead atoms. The zero-order valence-electron chi connectivity index (χ0n) is 19.9. The van der Waals surface area contributed by atoms with E-state index in [9.17, 15) is 19.1 Å². The molecule has 3 aromatic carbocycles. The van der Waals surface area contributed by atoms with E-state index < -0.39 is 23.5 Å². The lowest BCUT2D eigenvalue weighted by Crippen LogP contribution is -2.29. The van der Waals surface area contributed by atoms with Crippen molar-refractivity contribution in [1.82, 2.24) is 4.98 Å². The number of rotatable bonds is 5. The van der Waals surface area contributed by atoms with E-state index in [-0.39, 0.29) is 16.5 Å². The average Bonchev–Trinajstić information content (AvgIpc) is 3.41. The van der Waals surface area contributed by atoms with Gasteiger partial charge in [0.2, 0.25) is 0 Å². The highest BCUT2D eigenvalue weighted by Gasteiger charge is 2.48. The molecule has 0 aliphatic carbocycles. The maximum atomic E-state index is 13.8. The first kappa shape index (κ1) is 23.7. The molecule has 0 saturated carbocycles. The molecular formula is C28H23FN2O4S. The Kier molecular flexibility index (Phi) is 6.05. The van der Waals surface area contributed by atoms with E-state index in [2.05, 4.69) is 18.8 Å². The fraction of sp³-hybridized carbons (Fsp3) is 0.179. The predicted molar refractivity (Wildman–Crippen MR) is 138 cm³/mol. The minimum atomic E-state index is -0.914. The first-order valence-corrected chi connectivity index (χ1v) is 12.2. The van der Waals surface area contributed by atoms with Crippen molar-refractivity contribution in [3.05, 3.63) is 94.8 Å². The number of benzene rings is 3. The van der Waals surface area contributed by atoms with E-state index >= 15 is 0 Å². The van der Waals surface area contributed by atoms with Crippen molar-refractivity contribution in [2.24, 2.45) is 0 Å². The third kappa shape index (κ3) is 4.03. The molecule has 1 amide bonds. The van der Waals surface area contributed by atoms with Gasteiger partial charge in [-0.3, -0.25) is 14.5 Å². The molecule has 36 heavy (non-hydrogen) atoms. The van der Waals surface area contributed by atoms with E-state index in [1.165, 1.54) is 30.2 Å². The molecule has 0 spiro atoms. The van der Waals surface area contributed by atoms with Crippen molar-refractivity contribution in [2.45, 2.75) is 25.8 Å². The topological polar surface area (TPSA) is 79.7 Å². The van der Waals surface area contributed by atoms with Crippen LogP contribution in [0.1, 0.15) is 42.5 Å². The highest BCUT2D eigenvalue weighted by Crippen LogP contribution is 2.44. The van der Waals surface area contributed by atoms with Gasteiger partial charge in [0, 0.05) is 5.56 Å². The molecule has 0 radical (unpaired) electrons. The Morgan fingerprint density at radius 1 is 1.08 bits per heavy atom. The summed E-state index contributed by atoms with van der Waals surface area (Å²) in [6.45, 7) is 4.15. The third-order valence-corrected chi connectivity index (χ3v) is 7.27. The second kappa shape index (κ2) is 9.20. The van der Waals surface area contributed by atoms with E-state index in [0.29, 0.717) is 33.0 Å². The zero-order valence-corrected chi connectivity index (χ0v) is 20.7. The fourth-order valence-electron chi connectivity index (χ4n) is 4.32. The molecule has 5 rings (SSSR count). The van der Waals surface area contributed by atoms with Crippen LogP contribution in [-0.2, 0) is 9.59 Å². The summed E-state index contributed by atoms with van der Waals surface area (Å²) in [5.41, 5.74) is 2.56. The van der Waals surface area contributed by atoms with Crippen LogP contribution in [0.3, 0.4) is 0 Å². The summed E-state index contributed by atoms with van der Waals surface area (Å²) in [5.74, 6) is -1.56. The molecule has 1 aliphatic heterocycles. The van der Waals surface area contributed by atoms with Crippen LogP contribution >= 0.6 is 11.3 Å². The fourth-order valence-corrected chi connectivity index (χ4v) is 5.34. The maximum Gasteiger partial charge on any atom is 0.301 e. The number of nitrogens with zero attached hydrogens (tertiary/aromatic N) is 2. The number of hydrogen-bond donors (Lipinski definition) is 1. The summed E-state index contributed by atoms with van der Waals surface area (Å²) >= 11 is 1.11. The summed E-state index contributed by atoms with van der Waals surface area (Å²) in [6.07, 6.45) is 0. The van der Waals surface area contributed by atoms with Gasteiger partial charge in [0.15, 0.2) is 5.13 Å². The number of halogens is 1. The Labute approximate surface area is 211 Å². The van der Waals surface area contributed by atoms with Crippen molar-refractivity contribution in [3.63, 3.8) is 0 Å². The van der Waals surface area contributed by atoms with Crippen molar-refractivity contribution < 1.29 is 23.8 Å². The van der Waals surface area contributed by atoms with Gasteiger partial charge in [-0.05, 0) is 47.4 Å². The number of aromatic nitrogens is 1. The number of ether oxygens (including phenoxy) is 1. The van der Waals surface area contributed by atoms with Crippen LogP contribution in [-0.4, -0.2) is 28.9 Å². The lowest BCUT2D eigenvalue weighted by molar-refractivity contribution is -0.132. The molecular weight excluding hydrogens is 479 g/mol. The third-order valence-electron chi connectivity index (χ3n) is 6.25. The minimum absolute atomic E-state index is 0.0454. The Hall–Kier alpha value is -4.04. The zero-order chi connectivity index (χ0) is 25.6. The number of methoxy groups -OCH3 is 1. The lowest BCUT2D eigenvalue weighted by atomic mass is 9.93. The smallest absolute Gasteiger partial charge is 0.301 e. The van der Waals surface area contributed by atoms with Crippen LogP contribution in [0.4, 0.5) is 9.52 Å². The summed E-state index contributed by atoms with van der Waals surface area (Å²) in [4.78, 5) is 32.5. The number of anilines is 1. The van der Waals surface area contributed by atoms with Gasteiger partial charge in [-0.15, -0.1) is 0 Å². The molecule has 1 aliphatic rings. The summed E-state index contributed by atoms with van der Waals surface area (Å²) < 4.78 is 19.6. The Morgan fingerprint density at radius 2 is 1.83 bits per heavy atom. The van der Waals surface area contributed by atoms with E-state index in [4.69, 9.17) is 4.74 Å². The van der Waals surface area contributed by atoms with Crippen LogP contribution < -0.4 is 9.64 Å². The van der Waals surface area contributed by atoms with Crippen molar-refractivity contribution in [3.8, 4) is 5.75 Å². The number of thiazole rings is 1. The van der Waals surface area contributed by atoms with Gasteiger partial charge in [-0.1, -0.05) is 61.6 Å². The first-order chi connectivity index (χ1) is 17.3. The minimum Gasteiger partial charge on any atom is -0.507 e. The second-order valence-corrected chi connectivity index (χ2v) is 9.84. The molecule has 1 fully saturated rings. The molecule has 1 saturated heterocycles. The number of ketones is 1. The normalized spacial score (nSPS) is 17.4. The van der Waals surface area contributed by atoms with Gasteiger partial charge in [0.1, 0.15) is 17.3 Å². The molecule has 2 heterocycles. The molecule has 1 atom stereocenters. The molecule has 1 aromatic heterocycles. The number of Topliss-reactive ketones (excluding diaryl/α,β-unsaturated/α-hetero) is 1. The largest absolute Gasteiger partial charge is 0.507 e. The number of fused-ring (bicyclic) bond motifs is 1. The van der Waals surface area contributed by atoms with E-state index in [1.54, 1.807) is 24.3 Å². The predicted octanol–water partition coefficient (Wildman–Crippen LogP) is 6.19. The first-order valence-electron chi connectivity index (χ1n) is 11.4. The highest BCUT2D eigenvalue weighted by molar-refractivity contribution is 7.22. The summed E-state index contributed by atoms with van der Waals surface area (Å²) in [6, 6.07) is 17.5. The lowest BCUT2D eigenvalue weighted by Gasteiger charge is -2.23. The Balaban J connectivity index is 1.72. The number of carbonyl (C=O) groups is 2. The van der Waals surface area contributed by atoms with Gasteiger partial charge in [-0.25, -0.2) is 9.37 Å². The number of aliphatic hydroxyl groups is 1. The number of amides is 1. The quantitative estimate of drug-likeness (QED) is 0.200. The molecule has 8 heteroatoms. The van der Waals surface area contributed by atoms with Gasteiger partial charge in [0.05, 0.1) is 28.9 Å². The summed E-state index contributed by atoms with van der Waals surface area (Å²) in [5, 5.41) is 11.6. The SMILES string of the molecule is COc1cccc(C(O)=C2C(=O)C(=O)N(c3nc4ccc(F)cc4s3)C2c2ccc(C(C)C)cc2)c1. The number of hydrogen-bond acceptors (Lipinski definition) is 6. The van der Waals surface area contributed by atoms with Gasteiger partial charge < -0.3 is 9.84 Å². The van der Waals surface area contributed by atoms with Gasteiger partial charge in [-0.2, -0.15) is 0 Å². The molecule has 6 nitrogen and oxygen atoms in total. The Morgan fingerprint density at radius 3 is 2.53 bits per heavy atom. The molecule has 1 N–H and O–H groups in total. The van der Waals surface area contributed by atoms with Crippen LogP contribution in [0.2, 0.25) is 0 Å². The van der Waals surface area contributed by atoms with Crippen LogP contribution in [0.25, 0.3) is 16.0 Å². The number of aliphatic hydroxyl groups excluding tert-OH is 1. The standard InChI is InChI=1S/C28H23FN2O4S/c1-15(2)16-7-9-17(10-8-16)24-23(25(32)18-5-4-6-20(13-18)35-3)26(33)27(34)31(24)28-30-21-12-11-19(29)14-22(21)36-28/h4-15,24,32H,1-3H3. The average molecular weight is 503 g/mol. The van der Waals surface area contributed by atoms with Crippen molar-refractivity contribution in [2.75, 3.05) is 12.0 Å². The van der Waals surface area contributed by atoms with Crippen molar-refractivity contribution in [1.29, 1.82) is 0 Å². The second-order valence-electron chi connectivity index (χ2n) is 8.83. The maximum absolute atomic E-state index is 13.8. The van der Waals surface area contributed by atoms with Crippen LogP contribution in [0.15, 0.2) is 72.3 Å². The van der Waals surface area contributed by atoms with Gasteiger partial charge >= 0.3 is 5.91 Å². The van der Waals surface area contributed by atoms with E-state index in [1.807, 2.05) is 24.3 Å². The van der Waals surface area contributed by atoms with E-state index in [0.717, 1.165) is 16.9 Å². The molecule has 182 valence electrons. The Bertz CT molecular complexity index is 1520. The number of carbonyl (C=O) groups excluding carboxylic acids is 2. The summed E-state index contributed by atoms with van der Waals surface area (Å²) in [7, 11) is 1.50. The molecule has 4 aromatic rings. The monoisotopic (exact) mass is 502 g/mol. The van der Waals surface area contributed by atoms with Crippen LogP contribution in [0, 0.1) is 5.82 Å². The molecule has 1 unspecified atom stereocenters.